The monoisotopic (exact) mass is 515 g/mol. The van der Waals surface area contributed by atoms with E-state index in [0.29, 0.717) is 28.6 Å². The summed E-state index contributed by atoms with van der Waals surface area (Å²) in [6.45, 7) is 2.38. The van der Waals surface area contributed by atoms with Crippen LogP contribution in [0.4, 0.5) is 18.9 Å². The van der Waals surface area contributed by atoms with Crippen LogP contribution in [-0.4, -0.2) is 17.3 Å². The number of hydrogen-bond acceptors (Lipinski definition) is 5. The highest BCUT2D eigenvalue weighted by Crippen LogP contribution is 2.39. The molecule has 0 bridgehead atoms. The smallest absolute Gasteiger partial charge is 0.416 e. The lowest BCUT2D eigenvalue weighted by atomic mass is 10.1. The first-order valence-corrected chi connectivity index (χ1v) is 11.7. The topological polar surface area (TPSA) is 38.8 Å². The maximum Gasteiger partial charge on any atom is 0.416 e. The van der Waals surface area contributed by atoms with Crippen molar-refractivity contribution in [1.82, 2.24) is 0 Å². The Bertz CT molecular complexity index is 1320. The van der Waals surface area contributed by atoms with E-state index in [1.165, 1.54) is 19.2 Å². The summed E-state index contributed by atoms with van der Waals surface area (Å²) >= 11 is 6.32. The summed E-state index contributed by atoms with van der Waals surface area (Å²) in [5, 5.41) is 0. The van der Waals surface area contributed by atoms with Gasteiger partial charge in [-0.25, -0.2) is 0 Å². The van der Waals surface area contributed by atoms with Gasteiger partial charge in [-0.15, -0.1) is 0 Å². The van der Waals surface area contributed by atoms with Crippen molar-refractivity contribution in [3.63, 3.8) is 0 Å². The molecule has 0 spiro atoms. The van der Waals surface area contributed by atoms with E-state index in [0.717, 1.165) is 39.9 Å². The van der Waals surface area contributed by atoms with Gasteiger partial charge in [-0.1, -0.05) is 65.9 Å². The third-order valence-electron chi connectivity index (χ3n) is 5.19. The van der Waals surface area contributed by atoms with Gasteiger partial charge in [-0.05, 0) is 54.5 Å². The molecule has 0 atom stereocenters. The van der Waals surface area contributed by atoms with E-state index >= 15 is 0 Å². The van der Waals surface area contributed by atoms with E-state index in [1.54, 1.807) is 24.3 Å². The second-order valence-electron chi connectivity index (χ2n) is 7.75. The fourth-order valence-electron chi connectivity index (χ4n) is 3.52. The van der Waals surface area contributed by atoms with Crippen molar-refractivity contribution < 1.29 is 27.4 Å². The van der Waals surface area contributed by atoms with Crippen molar-refractivity contribution in [3.05, 3.63) is 93.9 Å². The number of thioether (sulfide) groups is 1. The van der Waals surface area contributed by atoms with Crippen molar-refractivity contribution >= 4 is 46.0 Å². The molecule has 35 heavy (non-hydrogen) atoms. The molecular formula is C26H20F3NO3S2. The highest BCUT2D eigenvalue weighted by Gasteiger charge is 2.36. The van der Waals surface area contributed by atoms with Crippen LogP contribution in [0.5, 0.6) is 11.5 Å². The predicted molar refractivity (Wildman–Crippen MR) is 136 cm³/mol. The van der Waals surface area contributed by atoms with Crippen molar-refractivity contribution in [2.75, 3.05) is 12.0 Å². The fraction of sp³-hybridized carbons (Fsp3) is 0.154. The lowest BCUT2D eigenvalue weighted by molar-refractivity contribution is -0.137. The molecule has 1 aliphatic heterocycles. The lowest BCUT2D eigenvalue weighted by Gasteiger charge is -2.16. The zero-order chi connectivity index (χ0) is 25.2. The van der Waals surface area contributed by atoms with Gasteiger partial charge in [0.25, 0.3) is 5.91 Å². The highest BCUT2D eigenvalue weighted by atomic mass is 32.2. The van der Waals surface area contributed by atoms with E-state index in [2.05, 4.69) is 0 Å². The van der Waals surface area contributed by atoms with E-state index in [-0.39, 0.29) is 10.0 Å². The molecule has 0 radical (unpaired) electrons. The van der Waals surface area contributed by atoms with Crippen LogP contribution in [0.2, 0.25) is 0 Å². The normalized spacial score (nSPS) is 15.1. The first kappa shape index (κ1) is 24.8. The van der Waals surface area contributed by atoms with Crippen molar-refractivity contribution in [2.24, 2.45) is 0 Å². The van der Waals surface area contributed by atoms with Crippen LogP contribution >= 0.6 is 24.0 Å². The van der Waals surface area contributed by atoms with Crippen molar-refractivity contribution in [1.29, 1.82) is 0 Å². The molecule has 180 valence electrons. The molecule has 1 saturated heterocycles. The number of benzene rings is 3. The van der Waals surface area contributed by atoms with Gasteiger partial charge in [0.15, 0.2) is 15.8 Å². The number of alkyl halides is 3. The van der Waals surface area contributed by atoms with Crippen LogP contribution in [0, 0.1) is 6.92 Å². The van der Waals surface area contributed by atoms with Crippen LogP contribution in [-0.2, 0) is 17.6 Å². The van der Waals surface area contributed by atoms with Crippen LogP contribution in [0.25, 0.3) is 6.08 Å². The summed E-state index contributed by atoms with van der Waals surface area (Å²) in [4.78, 5) is 14.4. The molecule has 0 saturated carbocycles. The average molecular weight is 516 g/mol. The lowest BCUT2D eigenvalue weighted by Crippen LogP contribution is -2.27. The number of halogens is 3. The predicted octanol–water partition coefficient (Wildman–Crippen LogP) is 7.01. The fourth-order valence-corrected chi connectivity index (χ4v) is 4.82. The number of carbonyl (C=O) groups excluding carboxylic acids is 1. The number of anilines is 1. The zero-order valence-corrected chi connectivity index (χ0v) is 20.4. The minimum Gasteiger partial charge on any atom is -0.493 e. The molecule has 1 aliphatic rings. The summed E-state index contributed by atoms with van der Waals surface area (Å²) in [6, 6.07) is 17.8. The molecule has 1 amide bonds. The Hall–Kier alpha value is -3.30. The van der Waals surface area contributed by atoms with Gasteiger partial charge < -0.3 is 9.47 Å². The third-order valence-corrected chi connectivity index (χ3v) is 6.49. The number of methoxy groups -OCH3 is 1. The molecule has 1 heterocycles. The molecule has 1 fully saturated rings. The maximum atomic E-state index is 13.1. The largest absolute Gasteiger partial charge is 0.493 e. The minimum atomic E-state index is -4.52. The molecule has 0 aliphatic carbocycles. The Morgan fingerprint density at radius 1 is 1.03 bits per heavy atom. The van der Waals surface area contributed by atoms with Gasteiger partial charge in [0.05, 0.1) is 23.3 Å². The Balaban J connectivity index is 1.54. The van der Waals surface area contributed by atoms with E-state index in [9.17, 15) is 18.0 Å². The molecule has 9 heteroatoms. The van der Waals surface area contributed by atoms with E-state index < -0.39 is 17.6 Å². The van der Waals surface area contributed by atoms with Crippen molar-refractivity contribution in [2.45, 2.75) is 19.7 Å². The Morgan fingerprint density at radius 3 is 2.51 bits per heavy atom. The van der Waals surface area contributed by atoms with Gasteiger partial charge in [0, 0.05) is 0 Å². The molecule has 3 aromatic rings. The summed E-state index contributed by atoms with van der Waals surface area (Å²) < 4.78 is 50.9. The minimum absolute atomic E-state index is 0.0724. The second-order valence-corrected chi connectivity index (χ2v) is 9.43. The quantitative estimate of drug-likeness (QED) is 0.261. The standard InChI is InChI=1S/C26H20F3NO3S2/c1-16-5-3-6-18(11-16)15-33-21-10-9-17(12-22(21)32-2)13-23-24(31)30(25(34)35-23)20-8-4-7-19(14-20)26(27,28)29/h3-14H,15H2,1-2H3/b23-13+. The number of rotatable bonds is 6. The summed E-state index contributed by atoms with van der Waals surface area (Å²) in [7, 11) is 1.52. The highest BCUT2D eigenvalue weighted by molar-refractivity contribution is 8.27. The van der Waals surface area contributed by atoms with Crippen LogP contribution < -0.4 is 14.4 Å². The number of ether oxygens (including phenoxy) is 2. The molecule has 3 aromatic carbocycles. The molecular weight excluding hydrogens is 495 g/mol. The van der Waals surface area contributed by atoms with E-state index in [4.69, 9.17) is 21.7 Å². The number of hydrogen-bond donors (Lipinski definition) is 0. The van der Waals surface area contributed by atoms with Crippen LogP contribution in [0.3, 0.4) is 0 Å². The SMILES string of the molecule is COc1cc(/C=C2/SC(=S)N(c3cccc(C(F)(F)F)c3)C2=O)ccc1OCc1cccc(C)c1. The summed E-state index contributed by atoms with van der Waals surface area (Å²) in [6.07, 6.45) is -2.90. The Labute approximate surface area is 210 Å². The molecule has 0 N–H and O–H groups in total. The van der Waals surface area contributed by atoms with Gasteiger partial charge >= 0.3 is 6.18 Å². The van der Waals surface area contributed by atoms with Crippen LogP contribution in [0.1, 0.15) is 22.3 Å². The average Bonchev–Trinajstić information content (AvgIpc) is 3.10. The number of carbonyl (C=O) groups is 1. The number of aryl methyl sites for hydroxylation is 1. The zero-order valence-electron chi connectivity index (χ0n) is 18.8. The first-order chi connectivity index (χ1) is 16.7. The number of nitrogens with zero attached hydrogens (tertiary/aromatic N) is 1. The Kier molecular flexibility index (Phi) is 7.18. The second kappa shape index (κ2) is 10.1. The molecule has 4 nitrogen and oxygen atoms in total. The van der Waals surface area contributed by atoms with Crippen molar-refractivity contribution in [3.8, 4) is 11.5 Å². The van der Waals surface area contributed by atoms with Gasteiger partial charge in [-0.2, -0.15) is 13.2 Å². The van der Waals surface area contributed by atoms with Gasteiger partial charge in [0.2, 0.25) is 0 Å². The number of thiocarbonyl (C=S) groups is 1. The van der Waals surface area contributed by atoms with E-state index in [1.807, 2.05) is 31.2 Å². The molecule has 0 unspecified atom stereocenters. The summed E-state index contributed by atoms with van der Waals surface area (Å²) in [5.74, 6) is 0.542. The Morgan fingerprint density at radius 2 is 1.80 bits per heavy atom. The molecule has 4 rings (SSSR count). The summed E-state index contributed by atoms with van der Waals surface area (Å²) in [5.41, 5.74) is 2.04. The maximum absolute atomic E-state index is 13.1. The van der Waals surface area contributed by atoms with Gasteiger partial charge in [0.1, 0.15) is 6.61 Å². The number of amides is 1. The third kappa shape index (κ3) is 5.68. The molecule has 0 aromatic heterocycles. The van der Waals surface area contributed by atoms with Gasteiger partial charge in [-0.3, -0.25) is 9.69 Å². The first-order valence-electron chi connectivity index (χ1n) is 10.5. The van der Waals surface area contributed by atoms with Crippen LogP contribution in [0.15, 0.2) is 71.6 Å².